The molecular weight excluding hydrogens is 343 g/mol. The molecule has 1 aromatic carbocycles. The van der Waals surface area contributed by atoms with Gasteiger partial charge in [-0.15, -0.1) is 0 Å². The molecule has 27 heavy (non-hydrogen) atoms. The van der Waals surface area contributed by atoms with Gasteiger partial charge in [0.25, 0.3) is 0 Å². The Morgan fingerprint density at radius 1 is 1.22 bits per heavy atom. The highest BCUT2D eigenvalue weighted by molar-refractivity contribution is 6.02. The maximum absolute atomic E-state index is 14.8. The number of hydrogen-bond acceptors (Lipinski definition) is 6. The van der Waals surface area contributed by atoms with Gasteiger partial charge in [-0.3, -0.25) is 0 Å². The summed E-state index contributed by atoms with van der Waals surface area (Å²) in [7, 11) is 2.10. The lowest BCUT2D eigenvalue weighted by molar-refractivity contribution is 0.203. The Morgan fingerprint density at radius 2 is 1.96 bits per heavy atom. The largest absolute Gasteiger partial charge is 0.338 e. The molecule has 0 atom stereocenters. The molecule has 0 unspecified atom stereocenters. The van der Waals surface area contributed by atoms with E-state index < -0.39 is 5.82 Å². The Bertz CT molecular complexity index is 915. The third kappa shape index (κ3) is 3.00. The molecule has 3 aliphatic heterocycles. The smallest absolute Gasteiger partial charge is 0.227 e. The van der Waals surface area contributed by atoms with E-state index in [2.05, 4.69) is 34.8 Å². The van der Waals surface area contributed by atoms with Crippen LogP contribution in [0.15, 0.2) is 27.8 Å². The fraction of sp³-hybridized carbons (Fsp3) is 0.450. The predicted molar refractivity (Wildman–Crippen MR) is 104 cm³/mol. The van der Waals surface area contributed by atoms with Gasteiger partial charge in [0.05, 0.1) is 17.3 Å². The van der Waals surface area contributed by atoms with Crippen LogP contribution in [0.2, 0.25) is 0 Å². The van der Waals surface area contributed by atoms with Crippen molar-refractivity contribution < 1.29 is 4.39 Å². The number of nitriles is 1. The lowest BCUT2D eigenvalue weighted by Gasteiger charge is -2.41. The van der Waals surface area contributed by atoms with Gasteiger partial charge in [0.15, 0.2) is 5.82 Å². The molecular formula is C20H23FN6. The molecule has 0 amide bonds. The number of hydrogen-bond donors (Lipinski definition) is 0. The summed E-state index contributed by atoms with van der Waals surface area (Å²) < 4.78 is 14.8. The Hall–Kier alpha value is -2.72. The Morgan fingerprint density at radius 3 is 2.63 bits per heavy atom. The van der Waals surface area contributed by atoms with E-state index in [1.807, 2.05) is 11.9 Å². The second-order valence-corrected chi connectivity index (χ2v) is 7.30. The summed E-state index contributed by atoms with van der Waals surface area (Å²) in [5, 5.41) is 15.9. The summed E-state index contributed by atoms with van der Waals surface area (Å²) in [6.07, 6.45) is 1.60. The Kier molecular flexibility index (Phi) is 4.44. The van der Waals surface area contributed by atoms with Gasteiger partial charge in [-0.25, -0.2) is 9.38 Å². The fourth-order valence-corrected chi connectivity index (χ4v) is 3.86. The van der Waals surface area contributed by atoms with Gasteiger partial charge in [0.2, 0.25) is 5.96 Å². The number of guanidine groups is 1. The second kappa shape index (κ2) is 6.78. The number of fused-ring (bicyclic) bond motifs is 3. The van der Waals surface area contributed by atoms with E-state index in [0.717, 1.165) is 50.4 Å². The van der Waals surface area contributed by atoms with Gasteiger partial charge in [0.1, 0.15) is 5.69 Å². The molecule has 1 saturated heterocycles. The minimum Gasteiger partial charge on any atom is -0.338 e. The lowest BCUT2D eigenvalue weighted by atomic mass is 9.94. The average Bonchev–Trinajstić information content (AvgIpc) is 2.67. The van der Waals surface area contributed by atoms with Crippen LogP contribution in [0.1, 0.15) is 37.8 Å². The number of benzene rings is 1. The van der Waals surface area contributed by atoms with Crippen LogP contribution in [0.3, 0.4) is 0 Å². The van der Waals surface area contributed by atoms with Gasteiger partial charge in [-0.05, 0) is 38.1 Å². The molecule has 0 N–H and O–H groups in total. The summed E-state index contributed by atoms with van der Waals surface area (Å²) >= 11 is 0. The highest BCUT2D eigenvalue weighted by Crippen LogP contribution is 2.42. The molecule has 4 rings (SSSR count). The third-order valence-corrected chi connectivity index (χ3v) is 5.35. The first-order valence-corrected chi connectivity index (χ1v) is 9.34. The number of likely N-dealkylation sites (N-methyl/N-ethyl adjacent to an activating group) is 1. The van der Waals surface area contributed by atoms with Gasteiger partial charge in [-0.1, -0.05) is 6.92 Å². The summed E-state index contributed by atoms with van der Waals surface area (Å²) in [6.45, 7) is 7.61. The van der Waals surface area contributed by atoms with E-state index in [0.29, 0.717) is 22.8 Å². The first-order valence-electron chi connectivity index (χ1n) is 9.34. The van der Waals surface area contributed by atoms with Gasteiger partial charge in [0, 0.05) is 43.9 Å². The molecule has 0 aliphatic carbocycles. The molecule has 0 radical (unpaired) electrons. The van der Waals surface area contributed by atoms with E-state index in [9.17, 15) is 9.65 Å². The predicted octanol–water partition coefficient (Wildman–Crippen LogP) is 3.15. The SMILES string of the molecule is CCC1=C2c3cc(C#N)cc(F)c3N=C(N3CCN(C)CC3)N2N=C(C)C1. The van der Waals surface area contributed by atoms with Crippen molar-refractivity contribution in [3.63, 3.8) is 0 Å². The van der Waals surface area contributed by atoms with Crippen molar-refractivity contribution >= 4 is 23.1 Å². The monoisotopic (exact) mass is 366 g/mol. The molecule has 6 nitrogen and oxygen atoms in total. The zero-order valence-corrected chi connectivity index (χ0v) is 16.0. The van der Waals surface area contributed by atoms with Crippen LogP contribution in [0.4, 0.5) is 10.1 Å². The number of aliphatic imine (C=N–C) groups is 1. The number of halogens is 1. The van der Waals surface area contributed by atoms with Crippen molar-refractivity contribution in [3.05, 3.63) is 34.6 Å². The van der Waals surface area contributed by atoms with Gasteiger partial charge in [-0.2, -0.15) is 15.4 Å². The first-order chi connectivity index (χ1) is 13.0. The van der Waals surface area contributed by atoms with Crippen LogP contribution < -0.4 is 0 Å². The Labute approximate surface area is 158 Å². The number of hydrazone groups is 1. The Balaban J connectivity index is 1.91. The van der Waals surface area contributed by atoms with Crippen LogP contribution in [-0.4, -0.2) is 59.7 Å². The maximum Gasteiger partial charge on any atom is 0.227 e. The lowest BCUT2D eigenvalue weighted by Crippen LogP contribution is -2.52. The molecule has 0 spiro atoms. The molecule has 1 fully saturated rings. The molecule has 3 heterocycles. The van der Waals surface area contributed by atoms with E-state index in [-0.39, 0.29) is 0 Å². The average molecular weight is 366 g/mol. The highest BCUT2D eigenvalue weighted by atomic mass is 19.1. The minimum atomic E-state index is -0.454. The van der Waals surface area contributed by atoms with Crippen LogP contribution >= 0.6 is 0 Å². The van der Waals surface area contributed by atoms with Crippen LogP contribution in [0.25, 0.3) is 5.70 Å². The van der Waals surface area contributed by atoms with Crippen LogP contribution in [0.5, 0.6) is 0 Å². The molecule has 3 aliphatic rings. The van der Waals surface area contributed by atoms with Gasteiger partial charge >= 0.3 is 0 Å². The second-order valence-electron chi connectivity index (χ2n) is 7.30. The van der Waals surface area contributed by atoms with Crippen molar-refractivity contribution in [1.29, 1.82) is 5.26 Å². The van der Waals surface area contributed by atoms with E-state index in [1.54, 1.807) is 6.07 Å². The zero-order valence-electron chi connectivity index (χ0n) is 16.0. The summed E-state index contributed by atoms with van der Waals surface area (Å²) in [5.74, 6) is 0.226. The van der Waals surface area contributed by atoms with E-state index in [1.165, 1.54) is 11.6 Å². The normalized spacial score (nSPS) is 20.0. The minimum absolute atomic E-state index is 0.304. The summed E-state index contributed by atoms with van der Waals surface area (Å²) in [5.41, 5.74) is 4.38. The van der Waals surface area contributed by atoms with Crippen LogP contribution in [-0.2, 0) is 0 Å². The van der Waals surface area contributed by atoms with E-state index in [4.69, 9.17) is 5.10 Å². The molecule has 7 heteroatoms. The third-order valence-electron chi connectivity index (χ3n) is 5.35. The van der Waals surface area contributed by atoms with Crippen molar-refractivity contribution in [2.45, 2.75) is 26.7 Å². The number of rotatable bonds is 1. The first kappa shape index (κ1) is 17.7. The number of allylic oxidation sites excluding steroid dienone is 1. The molecule has 0 bridgehead atoms. The number of piperazine rings is 1. The van der Waals surface area contributed by atoms with Crippen molar-refractivity contribution in [3.8, 4) is 6.07 Å². The quantitative estimate of drug-likeness (QED) is 0.766. The van der Waals surface area contributed by atoms with Crippen molar-refractivity contribution in [1.82, 2.24) is 14.8 Å². The molecule has 0 aromatic heterocycles. The van der Waals surface area contributed by atoms with Gasteiger partial charge < -0.3 is 9.80 Å². The summed E-state index contributed by atoms with van der Waals surface area (Å²) in [6, 6.07) is 5.05. The molecule has 140 valence electrons. The number of nitrogens with zero attached hydrogens (tertiary/aromatic N) is 6. The molecule has 1 aromatic rings. The molecule has 0 saturated carbocycles. The maximum atomic E-state index is 14.8. The van der Waals surface area contributed by atoms with Crippen LogP contribution in [0, 0.1) is 17.1 Å². The summed E-state index contributed by atoms with van der Waals surface area (Å²) in [4.78, 5) is 9.13. The fourth-order valence-electron chi connectivity index (χ4n) is 3.86. The van der Waals surface area contributed by atoms with E-state index >= 15 is 0 Å². The van der Waals surface area contributed by atoms with Crippen molar-refractivity contribution in [2.24, 2.45) is 10.1 Å². The standard InChI is InChI=1S/C20H23FN6/c1-4-15-9-13(2)24-27-19(15)16-10-14(12-22)11-17(21)18(16)23-20(27)26-7-5-25(3)6-8-26/h10-11H,4-9H2,1-3H3. The zero-order chi connectivity index (χ0) is 19.1. The highest BCUT2D eigenvalue weighted by Gasteiger charge is 2.35. The topological polar surface area (TPSA) is 58.2 Å². The van der Waals surface area contributed by atoms with Crippen molar-refractivity contribution in [2.75, 3.05) is 33.2 Å².